The smallest absolute Gasteiger partial charge is 0.308 e. The summed E-state index contributed by atoms with van der Waals surface area (Å²) < 4.78 is 16.6. The van der Waals surface area contributed by atoms with Crippen LogP contribution in [0, 0.1) is 0 Å². The van der Waals surface area contributed by atoms with Crippen LogP contribution in [0.5, 0.6) is 17.2 Å². The molecule has 0 spiro atoms. The van der Waals surface area contributed by atoms with Crippen molar-refractivity contribution in [3.8, 4) is 17.2 Å². The molecule has 0 saturated carbocycles. The second kappa shape index (κ2) is 8.21. The molecule has 3 aromatic rings. The van der Waals surface area contributed by atoms with Crippen molar-refractivity contribution in [3.63, 3.8) is 0 Å². The molecule has 6 heteroatoms. The predicted octanol–water partition coefficient (Wildman–Crippen LogP) is 4.61. The van der Waals surface area contributed by atoms with Gasteiger partial charge in [0, 0.05) is 43.4 Å². The van der Waals surface area contributed by atoms with Crippen LogP contribution in [0.15, 0.2) is 67.0 Å². The lowest BCUT2D eigenvalue weighted by Crippen LogP contribution is -2.14. The van der Waals surface area contributed by atoms with Crippen molar-refractivity contribution < 1.29 is 23.8 Å². The molecule has 1 unspecified atom stereocenters. The number of benzene rings is 2. The number of aromatic nitrogens is 1. The van der Waals surface area contributed by atoms with Gasteiger partial charge in [0.2, 0.25) is 0 Å². The number of rotatable bonds is 4. The number of carbonyl (C=O) groups is 2. The Morgan fingerprint density at radius 2 is 1.50 bits per heavy atom. The lowest BCUT2D eigenvalue weighted by atomic mass is 9.91. The van der Waals surface area contributed by atoms with Gasteiger partial charge in [-0.05, 0) is 53.6 Å². The van der Waals surface area contributed by atoms with Crippen LogP contribution in [-0.4, -0.2) is 16.9 Å². The maximum Gasteiger partial charge on any atom is 0.308 e. The zero-order chi connectivity index (χ0) is 21.1. The van der Waals surface area contributed by atoms with Gasteiger partial charge >= 0.3 is 11.9 Å². The van der Waals surface area contributed by atoms with E-state index >= 15 is 0 Å². The Balaban J connectivity index is 1.76. The molecule has 0 radical (unpaired) electrons. The van der Waals surface area contributed by atoms with Gasteiger partial charge in [0.15, 0.2) is 0 Å². The zero-order valence-electron chi connectivity index (χ0n) is 16.5. The second-order valence-corrected chi connectivity index (χ2v) is 6.79. The van der Waals surface area contributed by atoms with E-state index in [0.717, 1.165) is 22.3 Å². The number of hydrogen-bond acceptors (Lipinski definition) is 6. The molecule has 2 aromatic carbocycles. The third-order valence-corrected chi connectivity index (χ3v) is 4.54. The second-order valence-electron chi connectivity index (χ2n) is 6.79. The van der Waals surface area contributed by atoms with Crippen LogP contribution in [0.3, 0.4) is 0 Å². The minimum atomic E-state index is -0.388. The highest BCUT2D eigenvalue weighted by molar-refractivity contribution is 5.88. The standard InChI is InChI=1S/C24H19NO5/c1-15(26)28-20-6-3-17(4-7-20)22-13-19-5-8-21(29-16(2)27)14-23(19)30-24(22)18-9-11-25-12-10-18/h3-14,24H,1-2H3. The largest absolute Gasteiger partial charge is 0.480 e. The summed E-state index contributed by atoms with van der Waals surface area (Å²) in [5, 5.41) is 0. The van der Waals surface area contributed by atoms with E-state index < -0.39 is 0 Å². The van der Waals surface area contributed by atoms with Gasteiger partial charge in [-0.1, -0.05) is 12.1 Å². The highest BCUT2D eigenvalue weighted by Crippen LogP contribution is 2.43. The van der Waals surface area contributed by atoms with Gasteiger partial charge in [-0.2, -0.15) is 0 Å². The molecule has 0 fully saturated rings. The first-order chi connectivity index (χ1) is 14.5. The van der Waals surface area contributed by atoms with Gasteiger partial charge in [0.25, 0.3) is 0 Å². The predicted molar refractivity (Wildman–Crippen MR) is 111 cm³/mol. The maximum absolute atomic E-state index is 11.3. The summed E-state index contributed by atoms with van der Waals surface area (Å²) in [5.74, 6) is 0.777. The van der Waals surface area contributed by atoms with Crippen molar-refractivity contribution in [1.29, 1.82) is 0 Å². The average Bonchev–Trinajstić information content (AvgIpc) is 2.73. The van der Waals surface area contributed by atoms with Crippen LogP contribution < -0.4 is 14.2 Å². The molecule has 0 N–H and O–H groups in total. The first-order valence-corrected chi connectivity index (χ1v) is 9.39. The van der Waals surface area contributed by atoms with Crippen molar-refractivity contribution in [1.82, 2.24) is 4.98 Å². The molecule has 0 saturated heterocycles. The fourth-order valence-corrected chi connectivity index (χ4v) is 3.30. The fourth-order valence-electron chi connectivity index (χ4n) is 3.30. The Morgan fingerprint density at radius 1 is 0.867 bits per heavy atom. The molecule has 0 amide bonds. The quantitative estimate of drug-likeness (QED) is 0.470. The Morgan fingerprint density at radius 3 is 2.17 bits per heavy atom. The van der Waals surface area contributed by atoms with E-state index in [4.69, 9.17) is 14.2 Å². The summed E-state index contributed by atoms with van der Waals surface area (Å²) in [6.45, 7) is 2.73. The van der Waals surface area contributed by atoms with E-state index in [-0.39, 0.29) is 18.0 Å². The molecular weight excluding hydrogens is 382 g/mol. The van der Waals surface area contributed by atoms with E-state index in [2.05, 4.69) is 4.98 Å². The summed E-state index contributed by atoms with van der Waals surface area (Å²) in [7, 11) is 0. The molecule has 30 heavy (non-hydrogen) atoms. The van der Waals surface area contributed by atoms with Crippen LogP contribution in [-0.2, 0) is 9.59 Å². The Bertz CT molecular complexity index is 1120. The topological polar surface area (TPSA) is 74.7 Å². The summed E-state index contributed by atoms with van der Waals surface area (Å²) in [5.41, 5.74) is 3.69. The van der Waals surface area contributed by atoms with Crippen LogP contribution in [0.2, 0.25) is 0 Å². The van der Waals surface area contributed by atoms with Crippen molar-refractivity contribution in [2.45, 2.75) is 20.0 Å². The van der Waals surface area contributed by atoms with E-state index in [9.17, 15) is 9.59 Å². The van der Waals surface area contributed by atoms with Crippen molar-refractivity contribution in [3.05, 3.63) is 83.7 Å². The third-order valence-electron chi connectivity index (χ3n) is 4.54. The van der Waals surface area contributed by atoms with E-state index in [1.165, 1.54) is 13.8 Å². The summed E-state index contributed by atoms with van der Waals surface area (Å²) in [6, 6.07) is 16.4. The molecule has 150 valence electrons. The molecule has 0 aliphatic carbocycles. The van der Waals surface area contributed by atoms with E-state index in [1.54, 1.807) is 36.7 Å². The summed E-state index contributed by atoms with van der Waals surface area (Å²) in [4.78, 5) is 26.6. The van der Waals surface area contributed by atoms with Gasteiger partial charge in [0.1, 0.15) is 23.4 Å². The van der Waals surface area contributed by atoms with E-state index in [0.29, 0.717) is 17.2 Å². The molecule has 2 heterocycles. The molecule has 4 rings (SSSR count). The van der Waals surface area contributed by atoms with Gasteiger partial charge in [0.05, 0.1) is 0 Å². The molecule has 1 aromatic heterocycles. The van der Waals surface area contributed by atoms with Crippen LogP contribution in [0.25, 0.3) is 11.6 Å². The maximum atomic E-state index is 11.3. The molecule has 0 bridgehead atoms. The SMILES string of the molecule is CC(=O)Oc1ccc(C2=Cc3ccc(OC(C)=O)cc3OC2c2ccncc2)cc1. The minimum absolute atomic E-state index is 0.366. The number of ether oxygens (including phenoxy) is 3. The lowest BCUT2D eigenvalue weighted by molar-refractivity contribution is -0.132. The Hall–Kier alpha value is -3.93. The van der Waals surface area contributed by atoms with Crippen LogP contribution >= 0.6 is 0 Å². The molecule has 1 atom stereocenters. The minimum Gasteiger partial charge on any atom is -0.480 e. The Kier molecular flexibility index (Phi) is 5.30. The summed E-state index contributed by atoms with van der Waals surface area (Å²) in [6.07, 6.45) is 5.09. The normalized spacial score (nSPS) is 14.7. The third kappa shape index (κ3) is 4.22. The van der Waals surface area contributed by atoms with Gasteiger partial charge in [-0.15, -0.1) is 0 Å². The number of nitrogens with zero attached hydrogens (tertiary/aromatic N) is 1. The molecule has 1 aliphatic rings. The average molecular weight is 401 g/mol. The summed E-state index contributed by atoms with van der Waals surface area (Å²) >= 11 is 0. The first kappa shape index (κ1) is 19.4. The van der Waals surface area contributed by atoms with Crippen molar-refractivity contribution >= 4 is 23.6 Å². The fraction of sp³-hybridized carbons (Fsp3) is 0.125. The highest BCUT2D eigenvalue weighted by atomic mass is 16.5. The van der Waals surface area contributed by atoms with Gasteiger partial charge in [-0.25, -0.2) is 0 Å². The number of hydrogen-bond donors (Lipinski definition) is 0. The number of carbonyl (C=O) groups excluding carboxylic acids is 2. The Labute approximate surface area is 173 Å². The number of fused-ring (bicyclic) bond motifs is 1. The highest BCUT2D eigenvalue weighted by Gasteiger charge is 2.26. The molecule has 1 aliphatic heterocycles. The van der Waals surface area contributed by atoms with Gasteiger partial charge < -0.3 is 14.2 Å². The number of esters is 2. The van der Waals surface area contributed by atoms with E-state index in [1.807, 2.05) is 36.4 Å². The van der Waals surface area contributed by atoms with Gasteiger partial charge in [-0.3, -0.25) is 14.6 Å². The monoisotopic (exact) mass is 401 g/mol. The zero-order valence-corrected chi connectivity index (χ0v) is 16.5. The van der Waals surface area contributed by atoms with Crippen LogP contribution in [0.4, 0.5) is 0 Å². The molecule has 6 nitrogen and oxygen atoms in total. The first-order valence-electron chi connectivity index (χ1n) is 9.39. The lowest BCUT2D eigenvalue weighted by Gasteiger charge is -2.28. The number of pyridine rings is 1. The molecular formula is C24H19NO5. The van der Waals surface area contributed by atoms with Crippen molar-refractivity contribution in [2.24, 2.45) is 0 Å². The van der Waals surface area contributed by atoms with Crippen molar-refractivity contribution in [2.75, 3.05) is 0 Å². The van der Waals surface area contributed by atoms with Crippen LogP contribution in [0.1, 0.15) is 36.6 Å².